The van der Waals surface area contributed by atoms with Gasteiger partial charge in [-0.2, -0.15) is 18.2 Å². The first-order valence-electron chi connectivity index (χ1n) is 8.53. The zero-order valence-electron chi connectivity index (χ0n) is 15.2. The van der Waals surface area contributed by atoms with E-state index in [0.29, 0.717) is 11.9 Å². The van der Waals surface area contributed by atoms with E-state index < -0.39 is 12.1 Å². The summed E-state index contributed by atoms with van der Waals surface area (Å²) in [6, 6.07) is 6.16. The minimum Gasteiger partial charge on any atom is -0.475 e. The Hall–Kier alpha value is -2.82. The Morgan fingerprint density at radius 1 is 1.46 bits per heavy atom. The second-order valence-corrected chi connectivity index (χ2v) is 6.19. The summed E-state index contributed by atoms with van der Waals surface area (Å²) in [4.78, 5) is 17.5. The van der Waals surface area contributed by atoms with Gasteiger partial charge in [-0.1, -0.05) is 0 Å². The van der Waals surface area contributed by atoms with E-state index in [1.54, 1.807) is 0 Å². The van der Waals surface area contributed by atoms with Gasteiger partial charge in [-0.25, -0.2) is 9.78 Å². The number of carbonyl (C=O) groups is 1. The van der Waals surface area contributed by atoms with Crippen molar-refractivity contribution in [3.8, 4) is 0 Å². The molecule has 1 aliphatic heterocycles. The third-order valence-electron chi connectivity index (χ3n) is 4.09. The van der Waals surface area contributed by atoms with Gasteiger partial charge in [0.15, 0.2) is 0 Å². The number of hydrogen-bond acceptors (Lipinski definition) is 6. The Balaban J connectivity index is 0.000000345. The van der Waals surface area contributed by atoms with Crippen molar-refractivity contribution in [2.45, 2.75) is 24.9 Å². The van der Waals surface area contributed by atoms with Crippen LogP contribution in [0, 0.1) is 0 Å². The van der Waals surface area contributed by atoms with Crippen LogP contribution in [0.4, 0.5) is 24.9 Å². The second-order valence-electron chi connectivity index (χ2n) is 6.19. The van der Waals surface area contributed by atoms with Gasteiger partial charge in [0.05, 0.1) is 12.3 Å². The van der Waals surface area contributed by atoms with Gasteiger partial charge in [0.2, 0.25) is 5.95 Å². The zero-order valence-corrected chi connectivity index (χ0v) is 15.2. The molecule has 0 amide bonds. The Morgan fingerprint density at radius 2 is 2.18 bits per heavy atom. The molecule has 1 atom stereocenters. The molecule has 3 rings (SSSR count). The topological polar surface area (TPSA) is 115 Å². The van der Waals surface area contributed by atoms with Gasteiger partial charge in [0.25, 0.3) is 0 Å². The van der Waals surface area contributed by atoms with Gasteiger partial charge < -0.3 is 25.5 Å². The molecule has 11 heteroatoms. The molecule has 0 spiro atoms. The molecule has 2 aromatic rings. The minimum absolute atomic E-state index is 0.320. The van der Waals surface area contributed by atoms with Crippen molar-refractivity contribution < 1.29 is 27.8 Å². The number of aliphatic carboxylic acids is 1. The molecule has 8 nitrogen and oxygen atoms in total. The third kappa shape index (κ3) is 6.41. The van der Waals surface area contributed by atoms with Crippen LogP contribution >= 0.6 is 0 Å². The number of carboxylic acid groups (broad SMARTS) is 1. The van der Waals surface area contributed by atoms with Crippen LogP contribution in [0.1, 0.15) is 23.7 Å². The Morgan fingerprint density at radius 3 is 2.71 bits per heavy atom. The number of nitrogens with one attached hydrogen (secondary N) is 1. The van der Waals surface area contributed by atoms with E-state index in [1.165, 1.54) is 5.69 Å². The summed E-state index contributed by atoms with van der Waals surface area (Å²) < 4.78 is 39.3. The molecule has 1 fully saturated rings. The van der Waals surface area contributed by atoms with Gasteiger partial charge in [-0.05, 0) is 18.6 Å². The summed E-state index contributed by atoms with van der Waals surface area (Å²) in [5.41, 5.74) is 8.07. The van der Waals surface area contributed by atoms with Crippen molar-refractivity contribution >= 4 is 17.7 Å². The molecule has 4 N–H and O–H groups in total. The quantitative estimate of drug-likeness (QED) is 0.703. The number of carboxylic acids is 1. The lowest BCUT2D eigenvalue weighted by Crippen LogP contribution is -2.21. The van der Waals surface area contributed by atoms with Crippen LogP contribution in [-0.2, 0) is 23.0 Å². The highest BCUT2D eigenvalue weighted by Crippen LogP contribution is 2.25. The van der Waals surface area contributed by atoms with E-state index in [0.717, 1.165) is 44.1 Å². The van der Waals surface area contributed by atoms with Crippen LogP contribution in [0.2, 0.25) is 0 Å². The zero-order chi connectivity index (χ0) is 20.7. The number of alkyl halides is 3. The van der Waals surface area contributed by atoms with Gasteiger partial charge >= 0.3 is 12.1 Å². The van der Waals surface area contributed by atoms with Gasteiger partial charge in [0, 0.05) is 50.5 Å². The van der Waals surface area contributed by atoms with Crippen molar-refractivity contribution in [3.63, 3.8) is 0 Å². The Kier molecular flexibility index (Phi) is 7.21. The van der Waals surface area contributed by atoms with Crippen LogP contribution in [-0.4, -0.2) is 51.5 Å². The molecule has 1 saturated heterocycles. The molecule has 3 heterocycles. The smallest absolute Gasteiger partial charge is 0.475 e. The van der Waals surface area contributed by atoms with Crippen molar-refractivity contribution in [2.75, 3.05) is 30.8 Å². The standard InChI is InChI=1S/C15H21N5O.C2HF3O2/c1-20-7-2-3-12(20)4-6-17-14-9-13(18-15(16)19-14)11-5-8-21-10-11;3-2(4,5)1(6)7/h2-3,7,9,11H,4-6,8,10H2,1H3,(H3,16,17,18,19);(H,6,7). The normalized spacial score (nSPS) is 16.4. The molecule has 154 valence electrons. The largest absolute Gasteiger partial charge is 0.490 e. The fraction of sp³-hybridized carbons (Fsp3) is 0.471. The monoisotopic (exact) mass is 401 g/mol. The van der Waals surface area contributed by atoms with Gasteiger partial charge in [0.1, 0.15) is 5.82 Å². The third-order valence-corrected chi connectivity index (χ3v) is 4.09. The number of halogens is 3. The average Bonchev–Trinajstić information content (AvgIpc) is 3.26. The van der Waals surface area contributed by atoms with E-state index >= 15 is 0 Å². The number of nitrogens with zero attached hydrogens (tertiary/aromatic N) is 3. The summed E-state index contributed by atoms with van der Waals surface area (Å²) in [6.07, 6.45) is -1.09. The molecule has 2 aromatic heterocycles. The number of aromatic nitrogens is 3. The summed E-state index contributed by atoms with van der Waals surface area (Å²) in [6.45, 7) is 2.33. The first kappa shape index (κ1) is 21.5. The Labute approximate surface area is 159 Å². The summed E-state index contributed by atoms with van der Waals surface area (Å²) in [5.74, 6) is -1.31. The lowest BCUT2D eigenvalue weighted by molar-refractivity contribution is -0.192. The lowest BCUT2D eigenvalue weighted by Gasteiger charge is -2.11. The second kappa shape index (κ2) is 9.40. The van der Waals surface area contributed by atoms with E-state index in [1.807, 2.05) is 6.07 Å². The number of rotatable bonds is 5. The van der Waals surface area contributed by atoms with E-state index in [9.17, 15) is 13.2 Å². The lowest BCUT2D eigenvalue weighted by atomic mass is 10.0. The van der Waals surface area contributed by atoms with E-state index in [-0.39, 0.29) is 0 Å². The molecular weight excluding hydrogens is 379 g/mol. The summed E-state index contributed by atoms with van der Waals surface area (Å²) in [5, 5.41) is 10.5. The molecule has 0 bridgehead atoms. The Bertz CT molecular complexity index is 789. The highest BCUT2D eigenvalue weighted by molar-refractivity contribution is 5.73. The maximum Gasteiger partial charge on any atom is 0.490 e. The number of aryl methyl sites for hydroxylation is 1. The first-order chi connectivity index (χ1) is 13.2. The molecule has 1 unspecified atom stereocenters. The van der Waals surface area contributed by atoms with E-state index in [2.05, 4.69) is 45.2 Å². The van der Waals surface area contributed by atoms with Crippen LogP contribution in [0.25, 0.3) is 0 Å². The summed E-state index contributed by atoms with van der Waals surface area (Å²) in [7, 11) is 2.05. The molecule has 0 aliphatic carbocycles. The molecule has 28 heavy (non-hydrogen) atoms. The predicted octanol–water partition coefficient (Wildman–Crippen LogP) is 2.19. The van der Waals surface area contributed by atoms with Crippen LogP contribution < -0.4 is 11.1 Å². The van der Waals surface area contributed by atoms with Crippen molar-refractivity contribution in [1.29, 1.82) is 0 Å². The maximum atomic E-state index is 10.6. The number of nitrogen functional groups attached to an aromatic ring is 1. The predicted molar refractivity (Wildman–Crippen MR) is 95.9 cm³/mol. The van der Waals surface area contributed by atoms with Crippen LogP contribution in [0.5, 0.6) is 0 Å². The maximum absolute atomic E-state index is 10.6. The van der Waals surface area contributed by atoms with Gasteiger partial charge in [-0.3, -0.25) is 0 Å². The summed E-state index contributed by atoms with van der Waals surface area (Å²) >= 11 is 0. The number of ether oxygens (including phenoxy) is 1. The highest BCUT2D eigenvalue weighted by Gasteiger charge is 2.38. The SMILES string of the molecule is Cn1cccc1CCNc1cc(C2CCOC2)nc(N)n1.O=C(O)C(F)(F)F. The number of anilines is 2. The van der Waals surface area contributed by atoms with Crippen molar-refractivity contribution in [3.05, 3.63) is 35.8 Å². The highest BCUT2D eigenvalue weighted by atomic mass is 19.4. The van der Waals surface area contributed by atoms with Gasteiger partial charge in [-0.15, -0.1) is 0 Å². The molecule has 0 radical (unpaired) electrons. The minimum atomic E-state index is -5.08. The van der Waals surface area contributed by atoms with Crippen LogP contribution in [0.15, 0.2) is 24.4 Å². The van der Waals surface area contributed by atoms with Crippen molar-refractivity contribution in [1.82, 2.24) is 14.5 Å². The fourth-order valence-electron chi connectivity index (χ4n) is 2.63. The molecular formula is C17H22F3N5O3. The van der Waals surface area contributed by atoms with Crippen molar-refractivity contribution in [2.24, 2.45) is 7.05 Å². The average molecular weight is 401 g/mol. The fourth-order valence-corrected chi connectivity index (χ4v) is 2.63. The van der Waals surface area contributed by atoms with E-state index in [4.69, 9.17) is 20.4 Å². The molecule has 0 saturated carbocycles. The number of hydrogen-bond donors (Lipinski definition) is 3. The van der Waals surface area contributed by atoms with Crippen LogP contribution in [0.3, 0.4) is 0 Å². The number of nitrogens with two attached hydrogens (primary N) is 1. The first-order valence-corrected chi connectivity index (χ1v) is 8.53. The molecule has 0 aromatic carbocycles. The molecule has 1 aliphatic rings.